The highest BCUT2D eigenvalue weighted by molar-refractivity contribution is 5.33. The highest BCUT2D eigenvalue weighted by Gasteiger charge is 2.23. The van der Waals surface area contributed by atoms with Gasteiger partial charge in [0, 0.05) is 44.1 Å². The lowest BCUT2D eigenvalue weighted by atomic mass is 9.97. The van der Waals surface area contributed by atoms with Crippen LogP contribution in [-0.2, 0) is 0 Å². The number of anilines is 1. The fourth-order valence-electron chi connectivity index (χ4n) is 3.57. The summed E-state index contributed by atoms with van der Waals surface area (Å²) in [6.45, 7) is 14.5. The van der Waals surface area contributed by atoms with Crippen LogP contribution < -0.4 is 10.2 Å². The first-order valence-electron chi connectivity index (χ1n) is 9.15. The topological polar surface area (TPSA) is 44.3 Å². The van der Waals surface area contributed by atoms with Gasteiger partial charge in [-0.05, 0) is 50.8 Å². The summed E-state index contributed by atoms with van der Waals surface area (Å²) in [6, 6.07) is 2.11. The molecule has 0 radical (unpaired) electrons. The molecule has 1 aromatic heterocycles. The molecule has 0 spiro atoms. The molecule has 3 rings (SSSR count). The Morgan fingerprint density at radius 2 is 1.83 bits per heavy atom. The van der Waals surface area contributed by atoms with Gasteiger partial charge in [0.2, 0.25) is 5.95 Å². The Balaban J connectivity index is 1.56. The van der Waals surface area contributed by atoms with Gasteiger partial charge in [0.25, 0.3) is 0 Å². The second-order valence-electron chi connectivity index (χ2n) is 7.37. The van der Waals surface area contributed by atoms with Gasteiger partial charge in [-0.1, -0.05) is 13.8 Å². The first-order chi connectivity index (χ1) is 11.1. The van der Waals surface area contributed by atoms with Gasteiger partial charge in [-0.25, -0.2) is 9.97 Å². The van der Waals surface area contributed by atoms with Gasteiger partial charge in [0.1, 0.15) is 0 Å². The lowest BCUT2D eigenvalue weighted by Gasteiger charge is -2.37. The average molecular weight is 317 g/mol. The van der Waals surface area contributed by atoms with E-state index in [0.717, 1.165) is 49.4 Å². The van der Waals surface area contributed by atoms with Crippen molar-refractivity contribution >= 4 is 5.95 Å². The van der Waals surface area contributed by atoms with Crippen molar-refractivity contribution in [2.75, 3.05) is 50.7 Å². The smallest absolute Gasteiger partial charge is 0.225 e. The highest BCUT2D eigenvalue weighted by atomic mass is 15.3. The third kappa shape index (κ3) is 4.42. The summed E-state index contributed by atoms with van der Waals surface area (Å²) in [4.78, 5) is 14.4. The van der Waals surface area contributed by atoms with Crippen molar-refractivity contribution in [1.29, 1.82) is 0 Å². The second-order valence-corrected chi connectivity index (χ2v) is 7.37. The van der Waals surface area contributed by atoms with Crippen LogP contribution in [0.1, 0.15) is 44.0 Å². The molecule has 0 atom stereocenters. The van der Waals surface area contributed by atoms with Crippen molar-refractivity contribution in [2.24, 2.45) is 5.92 Å². The molecule has 0 bridgehead atoms. The van der Waals surface area contributed by atoms with Crippen molar-refractivity contribution in [3.05, 3.63) is 17.5 Å². The largest absolute Gasteiger partial charge is 0.338 e. The number of piperazine rings is 1. The van der Waals surface area contributed by atoms with Crippen LogP contribution in [0.3, 0.4) is 0 Å². The number of rotatable bonds is 4. The van der Waals surface area contributed by atoms with Gasteiger partial charge in [-0.2, -0.15) is 0 Å². The molecule has 0 saturated carbocycles. The van der Waals surface area contributed by atoms with Crippen LogP contribution in [0, 0.1) is 12.8 Å². The van der Waals surface area contributed by atoms with Crippen LogP contribution in [0.4, 0.5) is 5.95 Å². The Bertz CT molecular complexity index is 502. The molecule has 0 amide bonds. The molecule has 2 aliphatic heterocycles. The van der Waals surface area contributed by atoms with Crippen LogP contribution in [0.5, 0.6) is 0 Å². The van der Waals surface area contributed by atoms with E-state index in [0.29, 0.717) is 5.92 Å². The van der Waals surface area contributed by atoms with Gasteiger partial charge < -0.3 is 10.2 Å². The number of hydrogen-bond acceptors (Lipinski definition) is 5. The first kappa shape index (κ1) is 16.7. The quantitative estimate of drug-likeness (QED) is 0.920. The summed E-state index contributed by atoms with van der Waals surface area (Å²) >= 11 is 0. The molecule has 2 aliphatic rings. The van der Waals surface area contributed by atoms with Gasteiger partial charge in [0.05, 0.1) is 0 Å². The second kappa shape index (κ2) is 7.58. The zero-order valence-corrected chi connectivity index (χ0v) is 14.9. The summed E-state index contributed by atoms with van der Waals surface area (Å²) in [5, 5.41) is 3.46. The van der Waals surface area contributed by atoms with Gasteiger partial charge in [-0.3, -0.25) is 4.90 Å². The van der Waals surface area contributed by atoms with Crippen molar-refractivity contribution < 1.29 is 0 Å². The van der Waals surface area contributed by atoms with Crippen LogP contribution in [-0.4, -0.2) is 60.7 Å². The Morgan fingerprint density at radius 3 is 2.48 bits per heavy atom. The Morgan fingerprint density at radius 1 is 1.13 bits per heavy atom. The standard InChI is InChI=1S/C18H31N5/c1-14(2)17-12-15(3)20-18(21-17)23-10-8-22(9-11-23)13-16-4-6-19-7-5-16/h12,14,16,19H,4-11,13H2,1-3H3. The first-order valence-corrected chi connectivity index (χ1v) is 9.15. The third-order valence-electron chi connectivity index (χ3n) is 5.08. The van der Waals surface area contributed by atoms with E-state index >= 15 is 0 Å². The molecule has 3 heterocycles. The average Bonchev–Trinajstić information content (AvgIpc) is 2.56. The maximum Gasteiger partial charge on any atom is 0.225 e. The Labute approximate surface area is 140 Å². The van der Waals surface area contributed by atoms with Gasteiger partial charge in [-0.15, -0.1) is 0 Å². The minimum atomic E-state index is 0.455. The van der Waals surface area contributed by atoms with Crippen molar-refractivity contribution in [3.8, 4) is 0 Å². The number of piperidine rings is 1. The molecule has 5 heteroatoms. The molecule has 0 unspecified atom stereocenters. The highest BCUT2D eigenvalue weighted by Crippen LogP contribution is 2.19. The maximum absolute atomic E-state index is 4.79. The molecule has 1 N–H and O–H groups in total. The monoisotopic (exact) mass is 317 g/mol. The van der Waals surface area contributed by atoms with Gasteiger partial charge >= 0.3 is 0 Å². The van der Waals surface area contributed by atoms with E-state index in [4.69, 9.17) is 4.98 Å². The van der Waals surface area contributed by atoms with E-state index in [9.17, 15) is 0 Å². The number of aromatic nitrogens is 2. The zero-order valence-electron chi connectivity index (χ0n) is 14.9. The molecule has 2 fully saturated rings. The maximum atomic E-state index is 4.79. The van der Waals surface area contributed by atoms with E-state index in [2.05, 4.69) is 46.9 Å². The van der Waals surface area contributed by atoms with Crippen molar-refractivity contribution in [3.63, 3.8) is 0 Å². The molecule has 23 heavy (non-hydrogen) atoms. The van der Waals surface area contributed by atoms with Crippen LogP contribution >= 0.6 is 0 Å². The molecule has 0 aromatic carbocycles. The summed E-state index contributed by atoms with van der Waals surface area (Å²) in [6.07, 6.45) is 2.66. The van der Waals surface area contributed by atoms with Gasteiger partial charge in [0.15, 0.2) is 0 Å². The fourth-order valence-corrected chi connectivity index (χ4v) is 3.57. The van der Waals surface area contributed by atoms with E-state index in [1.165, 1.54) is 32.5 Å². The van der Waals surface area contributed by atoms with E-state index in [-0.39, 0.29) is 0 Å². The molecule has 5 nitrogen and oxygen atoms in total. The van der Waals surface area contributed by atoms with E-state index in [1.807, 2.05) is 0 Å². The van der Waals surface area contributed by atoms with E-state index < -0.39 is 0 Å². The minimum absolute atomic E-state index is 0.455. The number of nitrogens with zero attached hydrogens (tertiary/aromatic N) is 4. The number of aryl methyl sites for hydroxylation is 1. The summed E-state index contributed by atoms with van der Waals surface area (Å²) < 4.78 is 0. The molecule has 2 saturated heterocycles. The predicted molar refractivity (Wildman–Crippen MR) is 95.1 cm³/mol. The lowest BCUT2D eigenvalue weighted by molar-refractivity contribution is 0.196. The third-order valence-corrected chi connectivity index (χ3v) is 5.08. The van der Waals surface area contributed by atoms with Crippen LogP contribution in [0.2, 0.25) is 0 Å². The van der Waals surface area contributed by atoms with Crippen molar-refractivity contribution in [1.82, 2.24) is 20.2 Å². The fraction of sp³-hybridized carbons (Fsp3) is 0.778. The normalized spacial score (nSPS) is 21.1. The number of hydrogen-bond donors (Lipinski definition) is 1. The SMILES string of the molecule is Cc1cc(C(C)C)nc(N2CCN(CC3CCNCC3)CC2)n1. The lowest BCUT2D eigenvalue weighted by Crippen LogP contribution is -2.49. The zero-order chi connectivity index (χ0) is 16.2. The Hall–Kier alpha value is -1.20. The molecule has 1 aromatic rings. The predicted octanol–water partition coefficient (Wildman–Crippen LogP) is 2.03. The Kier molecular flexibility index (Phi) is 5.49. The summed E-state index contributed by atoms with van der Waals surface area (Å²) in [5.74, 6) is 2.26. The van der Waals surface area contributed by atoms with Crippen LogP contribution in [0.15, 0.2) is 6.07 Å². The molecular formula is C18H31N5. The molecule has 128 valence electrons. The van der Waals surface area contributed by atoms with Crippen molar-refractivity contribution in [2.45, 2.75) is 39.5 Å². The number of nitrogens with one attached hydrogen (secondary N) is 1. The molecular weight excluding hydrogens is 286 g/mol. The molecule has 0 aliphatic carbocycles. The summed E-state index contributed by atoms with van der Waals surface area (Å²) in [7, 11) is 0. The minimum Gasteiger partial charge on any atom is -0.338 e. The van der Waals surface area contributed by atoms with Crippen LogP contribution in [0.25, 0.3) is 0 Å². The summed E-state index contributed by atoms with van der Waals surface area (Å²) in [5.41, 5.74) is 2.24. The van der Waals surface area contributed by atoms with E-state index in [1.54, 1.807) is 0 Å².